The van der Waals surface area contributed by atoms with E-state index in [1.165, 1.54) is 22.9 Å². The van der Waals surface area contributed by atoms with Gasteiger partial charge in [-0.1, -0.05) is 11.3 Å². The van der Waals surface area contributed by atoms with Gasteiger partial charge in [-0.25, -0.2) is 4.68 Å². The maximum atomic E-state index is 13.2. The highest BCUT2D eigenvalue weighted by atomic mass is 16.2. The number of hydrogen-bond acceptors (Lipinski definition) is 9. The second kappa shape index (κ2) is 10.1. The van der Waals surface area contributed by atoms with Crippen LogP contribution in [-0.4, -0.2) is 97.4 Å². The standard InChI is InChI=1S/C24H26N8O6/c1-14(33)30-9-7-29(8-10-30)11-15-12-31(28-27-15)13-20(35)25-17-4-2-3-16-21(17)24(38)32(23(16)37)18-5-6-19(34)26-22(18)36/h2-4,12,18H,5-11,13H2,1H3,(H,25,35)(H,26,34,36). The van der Waals surface area contributed by atoms with Gasteiger partial charge in [0.1, 0.15) is 12.6 Å². The number of carbonyl (C=O) groups is 6. The fourth-order valence-corrected chi connectivity index (χ4v) is 4.89. The number of amides is 6. The van der Waals surface area contributed by atoms with Crippen molar-refractivity contribution in [1.29, 1.82) is 0 Å². The van der Waals surface area contributed by atoms with Gasteiger partial charge in [0.25, 0.3) is 11.8 Å². The van der Waals surface area contributed by atoms with Gasteiger partial charge in [-0.2, -0.15) is 0 Å². The lowest BCUT2D eigenvalue weighted by Gasteiger charge is -2.33. The van der Waals surface area contributed by atoms with Gasteiger partial charge in [-0.3, -0.25) is 43.9 Å². The Balaban J connectivity index is 1.22. The Morgan fingerprint density at radius 3 is 2.55 bits per heavy atom. The number of nitrogens with one attached hydrogen (secondary N) is 2. The van der Waals surface area contributed by atoms with Crippen molar-refractivity contribution in [3.05, 3.63) is 41.2 Å². The topological polar surface area (TPSA) is 167 Å². The van der Waals surface area contributed by atoms with Crippen molar-refractivity contribution in [1.82, 2.24) is 35.0 Å². The van der Waals surface area contributed by atoms with Gasteiger partial charge in [0, 0.05) is 46.1 Å². The van der Waals surface area contributed by atoms with E-state index in [0.29, 0.717) is 38.4 Å². The van der Waals surface area contributed by atoms with Crippen molar-refractivity contribution in [2.24, 2.45) is 0 Å². The van der Waals surface area contributed by atoms with Gasteiger partial charge in [0.2, 0.25) is 23.6 Å². The van der Waals surface area contributed by atoms with E-state index in [1.54, 1.807) is 18.0 Å². The molecule has 198 valence electrons. The minimum Gasteiger partial charge on any atom is -0.340 e. The number of aromatic nitrogens is 3. The molecule has 2 aromatic rings. The van der Waals surface area contributed by atoms with E-state index in [2.05, 4.69) is 25.8 Å². The number of imide groups is 2. The van der Waals surface area contributed by atoms with Crippen LogP contribution in [0.1, 0.15) is 46.2 Å². The van der Waals surface area contributed by atoms with Crippen molar-refractivity contribution < 1.29 is 28.8 Å². The molecular formula is C24H26N8O6. The predicted molar refractivity (Wildman–Crippen MR) is 129 cm³/mol. The van der Waals surface area contributed by atoms with Crippen LogP contribution in [0.4, 0.5) is 5.69 Å². The summed E-state index contributed by atoms with van der Waals surface area (Å²) in [5.41, 5.74) is 0.893. The first-order chi connectivity index (χ1) is 18.2. The van der Waals surface area contributed by atoms with Crippen LogP contribution in [0.25, 0.3) is 0 Å². The van der Waals surface area contributed by atoms with Gasteiger partial charge < -0.3 is 10.2 Å². The lowest BCUT2D eigenvalue weighted by Crippen LogP contribution is -2.54. The average Bonchev–Trinajstić information content (AvgIpc) is 3.41. The van der Waals surface area contributed by atoms with E-state index in [4.69, 9.17) is 0 Å². The fourth-order valence-electron chi connectivity index (χ4n) is 4.89. The van der Waals surface area contributed by atoms with Crippen LogP contribution in [0.3, 0.4) is 0 Å². The molecule has 4 heterocycles. The maximum Gasteiger partial charge on any atom is 0.264 e. The molecule has 1 atom stereocenters. The van der Waals surface area contributed by atoms with Crippen LogP contribution < -0.4 is 10.6 Å². The first kappa shape index (κ1) is 25.2. The molecule has 2 saturated heterocycles. The molecule has 1 unspecified atom stereocenters. The van der Waals surface area contributed by atoms with Crippen molar-refractivity contribution in [3.8, 4) is 0 Å². The quantitative estimate of drug-likeness (QED) is 0.452. The van der Waals surface area contributed by atoms with E-state index in [-0.39, 0.29) is 42.1 Å². The first-order valence-corrected chi connectivity index (χ1v) is 12.2. The molecule has 1 aromatic heterocycles. The number of anilines is 1. The summed E-state index contributed by atoms with van der Waals surface area (Å²) in [6.45, 7) is 4.65. The number of carbonyl (C=O) groups excluding carboxylic acids is 6. The maximum absolute atomic E-state index is 13.2. The summed E-state index contributed by atoms with van der Waals surface area (Å²) in [6, 6.07) is 3.40. The zero-order chi connectivity index (χ0) is 27.0. The van der Waals surface area contributed by atoms with E-state index in [1.807, 2.05) is 0 Å². The molecular weight excluding hydrogens is 496 g/mol. The van der Waals surface area contributed by atoms with Crippen LogP contribution in [0.2, 0.25) is 0 Å². The van der Waals surface area contributed by atoms with Crippen molar-refractivity contribution in [3.63, 3.8) is 0 Å². The summed E-state index contributed by atoms with van der Waals surface area (Å²) in [5, 5.41) is 12.9. The summed E-state index contributed by atoms with van der Waals surface area (Å²) >= 11 is 0. The number of rotatable bonds is 6. The molecule has 14 nitrogen and oxygen atoms in total. The van der Waals surface area contributed by atoms with E-state index in [9.17, 15) is 28.8 Å². The highest BCUT2D eigenvalue weighted by molar-refractivity contribution is 6.26. The van der Waals surface area contributed by atoms with E-state index >= 15 is 0 Å². The van der Waals surface area contributed by atoms with Crippen molar-refractivity contribution >= 4 is 41.1 Å². The minimum atomic E-state index is -1.09. The summed E-state index contributed by atoms with van der Waals surface area (Å²) < 4.78 is 1.38. The Morgan fingerprint density at radius 1 is 1.08 bits per heavy atom. The average molecular weight is 523 g/mol. The molecule has 6 amide bonds. The Kier molecular flexibility index (Phi) is 6.72. The Labute approximate surface area is 216 Å². The number of piperazine rings is 1. The lowest BCUT2D eigenvalue weighted by molar-refractivity contribution is -0.136. The largest absolute Gasteiger partial charge is 0.340 e. The molecule has 2 N–H and O–H groups in total. The highest BCUT2D eigenvalue weighted by Crippen LogP contribution is 2.32. The van der Waals surface area contributed by atoms with Gasteiger partial charge >= 0.3 is 0 Å². The molecule has 0 aliphatic carbocycles. The Morgan fingerprint density at radius 2 is 1.84 bits per heavy atom. The Hall–Kier alpha value is -4.46. The number of benzene rings is 1. The monoisotopic (exact) mass is 522 g/mol. The highest BCUT2D eigenvalue weighted by Gasteiger charge is 2.45. The number of nitrogens with zero attached hydrogens (tertiary/aromatic N) is 6. The van der Waals surface area contributed by atoms with Crippen LogP contribution in [0.5, 0.6) is 0 Å². The molecule has 38 heavy (non-hydrogen) atoms. The second-order valence-electron chi connectivity index (χ2n) is 9.41. The second-order valence-corrected chi connectivity index (χ2v) is 9.41. The zero-order valence-corrected chi connectivity index (χ0v) is 20.7. The summed E-state index contributed by atoms with van der Waals surface area (Å²) in [5.74, 6) is -2.94. The molecule has 5 rings (SSSR count). The molecule has 14 heteroatoms. The molecule has 3 aliphatic heterocycles. The van der Waals surface area contributed by atoms with Crippen LogP contribution in [0, 0.1) is 0 Å². The third-order valence-electron chi connectivity index (χ3n) is 6.84. The van der Waals surface area contributed by atoms with Gasteiger partial charge in [-0.15, -0.1) is 5.10 Å². The third kappa shape index (κ3) is 4.89. The van der Waals surface area contributed by atoms with E-state index < -0.39 is 35.6 Å². The molecule has 3 aliphatic rings. The lowest BCUT2D eigenvalue weighted by atomic mass is 10.0. The third-order valence-corrected chi connectivity index (χ3v) is 6.84. The van der Waals surface area contributed by atoms with Crippen LogP contribution in [-0.2, 0) is 32.3 Å². The zero-order valence-electron chi connectivity index (χ0n) is 20.7. The van der Waals surface area contributed by atoms with Gasteiger partial charge in [-0.05, 0) is 18.6 Å². The number of fused-ring (bicyclic) bond motifs is 1. The molecule has 0 radical (unpaired) electrons. The summed E-state index contributed by atoms with van der Waals surface area (Å²) in [6.07, 6.45) is 1.71. The number of hydrogen-bond donors (Lipinski definition) is 2. The normalized spacial score (nSPS) is 20.0. The van der Waals surface area contributed by atoms with Crippen LogP contribution in [0.15, 0.2) is 24.4 Å². The van der Waals surface area contributed by atoms with Crippen molar-refractivity contribution in [2.75, 3.05) is 31.5 Å². The molecule has 2 fully saturated rings. The molecule has 0 saturated carbocycles. The first-order valence-electron chi connectivity index (χ1n) is 12.2. The predicted octanol–water partition coefficient (Wildman–Crippen LogP) is -1.02. The summed E-state index contributed by atoms with van der Waals surface area (Å²) in [4.78, 5) is 79.0. The Bertz CT molecular complexity index is 1350. The fraction of sp³-hybridized carbons (Fsp3) is 0.417. The molecule has 0 spiro atoms. The number of piperidine rings is 1. The van der Waals surface area contributed by atoms with Gasteiger partial charge in [0.15, 0.2) is 0 Å². The minimum absolute atomic E-state index is 0.000433. The molecule has 1 aromatic carbocycles. The van der Waals surface area contributed by atoms with Crippen molar-refractivity contribution in [2.45, 2.75) is 38.9 Å². The summed E-state index contributed by atoms with van der Waals surface area (Å²) in [7, 11) is 0. The van der Waals surface area contributed by atoms with Crippen LogP contribution >= 0.6 is 0 Å². The molecule has 0 bridgehead atoms. The smallest absolute Gasteiger partial charge is 0.264 e. The van der Waals surface area contributed by atoms with Gasteiger partial charge in [0.05, 0.1) is 28.7 Å². The van der Waals surface area contributed by atoms with E-state index in [0.717, 1.165) is 4.90 Å². The SMILES string of the molecule is CC(=O)N1CCN(Cc2cn(CC(=O)Nc3cccc4c3C(=O)N(C3CCC(=O)NC3=O)C4=O)nn2)CC1.